The number of halogens is 1. The second-order valence-electron chi connectivity index (χ2n) is 4.08. The summed E-state index contributed by atoms with van der Waals surface area (Å²) in [5.41, 5.74) is -0.313. The monoisotopic (exact) mass is 239 g/mol. The van der Waals surface area contributed by atoms with Gasteiger partial charge < -0.3 is 15.2 Å². The van der Waals surface area contributed by atoms with Gasteiger partial charge in [0.2, 0.25) is 0 Å². The Morgan fingerprint density at radius 3 is 2.94 bits per heavy atom. The average molecular weight is 239 g/mol. The fourth-order valence-corrected chi connectivity index (χ4v) is 1.90. The highest BCUT2D eigenvalue weighted by Crippen LogP contribution is 2.21. The first kappa shape index (κ1) is 11.9. The van der Waals surface area contributed by atoms with Crippen LogP contribution in [0.15, 0.2) is 18.2 Å². The molecule has 0 spiro atoms. The van der Waals surface area contributed by atoms with Crippen LogP contribution in [0.5, 0.6) is 5.75 Å². The summed E-state index contributed by atoms with van der Waals surface area (Å²) in [5.74, 6) is -1.69. The Morgan fingerprint density at radius 1 is 1.59 bits per heavy atom. The molecule has 0 aliphatic carbocycles. The molecule has 2 N–H and O–H groups in total. The summed E-state index contributed by atoms with van der Waals surface area (Å²) in [6.07, 6.45) is 0.607. The van der Waals surface area contributed by atoms with Gasteiger partial charge in [0.05, 0.1) is 12.1 Å². The molecule has 0 saturated carbocycles. The highest BCUT2D eigenvalue weighted by molar-refractivity contribution is 5.97. The first-order chi connectivity index (χ1) is 8.09. The zero-order valence-corrected chi connectivity index (χ0v) is 9.44. The molecular formula is C12H14FNO3. The molecule has 4 nitrogen and oxygen atoms in total. The predicted molar refractivity (Wildman–Crippen MR) is 59.4 cm³/mol. The molecule has 1 aliphatic rings. The maximum Gasteiger partial charge on any atom is 0.258 e. The van der Waals surface area contributed by atoms with Crippen molar-refractivity contribution in [2.75, 3.05) is 6.61 Å². The number of rotatable bonds is 2. The molecule has 1 fully saturated rings. The fourth-order valence-electron chi connectivity index (χ4n) is 1.90. The Kier molecular flexibility index (Phi) is 3.28. The van der Waals surface area contributed by atoms with E-state index in [1.165, 1.54) is 12.1 Å². The maximum atomic E-state index is 13.4. The van der Waals surface area contributed by atoms with Gasteiger partial charge in [0.15, 0.2) is 0 Å². The van der Waals surface area contributed by atoms with Crippen molar-refractivity contribution < 1.29 is 19.0 Å². The van der Waals surface area contributed by atoms with Crippen molar-refractivity contribution in [1.82, 2.24) is 5.32 Å². The van der Waals surface area contributed by atoms with E-state index in [0.717, 1.165) is 6.07 Å². The number of ether oxygens (including phenoxy) is 1. The quantitative estimate of drug-likeness (QED) is 0.821. The minimum Gasteiger partial charge on any atom is -0.507 e. The summed E-state index contributed by atoms with van der Waals surface area (Å²) in [4.78, 5) is 11.8. The molecule has 5 heteroatoms. The SMILES string of the molecule is C[C@@H]1OCC[C@@H]1NC(=O)c1c(O)cccc1F. The smallest absolute Gasteiger partial charge is 0.258 e. The van der Waals surface area contributed by atoms with E-state index in [1.54, 1.807) is 0 Å². The van der Waals surface area contributed by atoms with E-state index in [2.05, 4.69) is 5.32 Å². The van der Waals surface area contributed by atoms with Crippen molar-refractivity contribution in [3.05, 3.63) is 29.6 Å². The first-order valence-corrected chi connectivity index (χ1v) is 5.49. The van der Waals surface area contributed by atoms with Crippen LogP contribution in [0.4, 0.5) is 4.39 Å². The number of carbonyl (C=O) groups is 1. The molecule has 2 rings (SSSR count). The minimum absolute atomic E-state index is 0.0899. The largest absolute Gasteiger partial charge is 0.507 e. The van der Waals surface area contributed by atoms with Gasteiger partial charge in [-0.15, -0.1) is 0 Å². The molecule has 0 bridgehead atoms. The number of amides is 1. The van der Waals surface area contributed by atoms with Crippen LogP contribution in [0.3, 0.4) is 0 Å². The molecule has 0 radical (unpaired) electrons. The molecule has 2 atom stereocenters. The van der Waals surface area contributed by atoms with E-state index in [1.807, 2.05) is 6.92 Å². The zero-order chi connectivity index (χ0) is 12.4. The van der Waals surface area contributed by atoms with Gasteiger partial charge in [-0.3, -0.25) is 4.79 Å². The topological polar surface area (TPSA) is 58.6 Å². The number of benzene rings is 1. The van der Waals surface area contributed by atoms with Gasteiger partial charge in [-0.2, -0.15) is 0 Å². The summed E-state index contributed by atoms with van der Waals surface area (Å²) in [6.45, 7) is 2.43. The van der Waals surface area contributed by atoms with Gasteiger partial charge in [-0.25, -0.2) is 4.39 Å². The van der Waals surface area contributed by atoms with Crippen LogP contribution < -0.4 is 5.32 Å². The summed E-state index contributed by atoms with van der Waals surface area (Å²) in [6, 6.07) is 3.64. The van der Waals surface area contributed by atoms with E-state index >= 15 is 0 Å². The van der Waals surface area contributed by atoms with Crippen LogP contribution in [0.25, 0.3) is 0 Å². The number of phenolic OH excluding ortho intramolecular Hbond substituents is 1. The van der Waals surface area contributed by atoms with Crippen molar-refractivity contribution in [1.29, 1.82) is 0 Å². The molecule has 1 heterocycles. The molecule has 1 aromatic rings. The van der Waals surface area contributed by atoms with E-state index < -0.39 is 11.7 Å². The number of aromatic hydroxyl groups is 1. The van der Waals surface area contributed by atoms with Gasteiger partial charge in [0, 0.05) is 6.61 Å². The van der Waals surface area contributed by atoms with Crippen LogP contribution >= 0.6 is 0 Å². The lowest BCUT2D eigenvalue weighted by atomic mass is 10.1. The molecule has 1 amide bonds. The van der Waals surface area contributed by atoms with E-state index in [4.69, 9.17) is 4.74 Å². The van der Waals surface area contributed by atoms with Gasteiger partial charge in [0.1, 0.15) is 17.1 Å². The molecule has 1 aliphatic heterocycles. The summed E-state index contributed by atoms with van der Waals surface area (Å²) >= 11 is 0. The highest BCUT2D eigenvalue weighted by Gasteiger charge is 2.27. The summed E-state index contributed by atoms with van der Waals surface area (Å²) in [5, 5.41) is 12.1. The Labute approximate surface area is 98.4 Å². The van der Waals surface area contributed by atoms with Crippen molar-refractivity contribution in [3.8, 4) is 5.75 Å². The second-order valence-corrected chi connectivity index (χ2v) is 4.08. The lowest BCUT2D eigenvalue weighted by Crippen LogP contribution is -2.39. The van der Waals surface area contributed by atoms with Crippen molar-refractivity contribution in [2.45, 2.75) is 25.5 Å². The first-order valence-electron chi connectivity index (χ1n) is 5.49. The molecule has 1 saturated heterocycles. The number of nitrogens with one attached hydrogen (secondary N) is 1. The number of phenols is 1. The number of hydrogen-bond donors (Lipinski definition) is 2. The Hall–Kier alpha value is -1.62. The van der Waals surface area contributed by atoms with Gasteiger partial charge >= 0.3 is 0 Å². The van der Waals surface area contributed by atoms with Gasteiger partial charge in [-0.1, -0.05) is 6.07 Å². The van der Waals surface area contributed by atoms with Crippen LogP contribution in [0.2, 0.25) is 0 Å². The van der Waals surface area contributed by atoms with E-state index in [9.17, 15) is 14.3 Å². The molecule has 1 aromatic carbocycles. The minimum atomic E-state index is -0.728. The summed E-state index contributed by atoms with van der Waals surface area (Å²) < 4.78 is 18.7. The average Bonchev–Trinajstić information content (AvgIpc) is 2.64. The van der Waals surface area contributed by atoms with Crippen LogP contribution in [-0.2, 0) is 4.74 Å². The lowest BCUT2D eigenvalue weighted by molar-refractivity contribution is 0.0860. The number of hydrogen-bond acceptors (Lipinski definition) is 3. The van der Waals surface area contributed by atoms with Gasteiger partial charge in [0.25, 0.3) is 5.91 Å². The standard InChI is InChI=1S/C12H14FNO3/c1-7-9(5-6-17-7)14-12(16)11-8(13)3-2-4-10(11)15/h2-4,7,9,15H,5-6H2,1H3,(H,14,16)/t7-,9-/m0/s1. The molecule has 0 aromatic heterocycles. The van der Waals surface area contributed by atoms with Crippen molar-refractivity contribution in [3.63, 3.8) is 0 Å². The fraction of sp³-hybridized carbons (Fsp3) is 0.417. The third-order valence-corrected chi connectivity index (χ3v) is 2.91. The number of carbonyl (C=O) groups excluding carboxylic acids is 1. The third kappa shape index (κ3) is 2.39. The Bertz CT molecular complexity index is 416. The van der Waals surface area contributed by atoms with Crippen LogP contribution in [0.1, 0.15) is 23.7 Å². The molecule has 92 valence electrons. The lowest BCUT2D eigenvalue weighted by Gasteiger charge is -2.16. The third-order valence-electron chi connectivity index (χ3n) is 2.91. The van der Waals surface area contributed by atoms with Gasteiger partial charge in [-0.05, 0) is 25.5 Å². The van der Waals surface area contributed by atoms with Crippen molar-refractivity contribution in [2.24, 2.45) is 0 Å². The summed E-state index contributed by atoms with van der Waals surface area (Å²) in [7, 11) is 0. The van der Waals surface area contributed by atoms with Crippen LogP contribution in [-0.4, -0.2) is 29.8 Å². The maximum absolute atomic E-state index is 13.4. The van der Waals surface area contributed by atoms with Crippen molar-refractivity contribution >= 4 is 5.91 Å². The van der Waals surface area contributed by atoms with Crippen LogP contribution in [0, 0.1) is 5.82 Å². The Balaban J connectivity index is 2.14. The van der Waals surface area contributed by atoms with E-state index in [0.29, 0.717) is 13.0 Å². The second kappa shape index (κ2) is 4.71. The highest BCUT2D eigenvalue weighted by atomic mass is 19.1. The zero-order valence-electron chi connectivity index (χ0n) is 9.44. The molecule has 0 unspecified atom stereocenters. The molecular weight excluding hydrogens is 225 g/mol. The Morgan fingerprint density at radius 2 is 2.35 bits per heavy atom. The van der Waals surface area contributed by atoms with E-state index in [-0.39, 0.29) is 23.5 Å². The molecule has 17 heavy (non-hydrogen) atoms. The predicted octanol–water partition coefficient (Wildman–Crippen LogP) is 1.44. The normalized spacial score (nSPS) is 23.6.